The van der Waals surface area contributed by atoms with E-state index in [-0.39, 0.29) is 0 Å². The minimum absolute atomic E-state index is 1.09. The Bertz CT molecular complexity index is 452. The molecule has 0 aliphatic rings. The number of aryl methyl sites for hydroxylation is 1. The van der Waals surface area contributed by atoms with E-state index in [1.165, 1.54) is 36.0 Å². The lowest BCUT2D eigenvalue weighted by Gasteiger charge is -2.15. The molecule has 0 atom stereocenters. The molecule has 0 amide bonds. The van der Waals surface area contributed by atoms with Gasteiger partial charge >= 0.3 is 0 Å². The van der Waals surface area contributed by atoms with Crippen molar-refractivity contribution >= 4 is 0 Å². The van der Waals surface area contributed by atoms with E-state index in [1.807, 2.05) is 0 Å². The Labute approximate surface area is 137 Å². The second-order valence-electron chi connectivity index (χ2n) is 6.11. The molecule has 1 aromatic rings. The highest BCUT2D eigenvalue weighted by molar-refractivity contribution is 5.16. The Morgan fingerprint density at radius 3 is 2.18 bits per heavy atom. The molecule has 0 fully saturated rings. The van der Waals surface area contributed by atoms with E-state index in [0.717, 1.165) is 26.1 Å². The van der Waals surface area contributed by atoms with Crippen LogP contribution in [0.1, 0.15) is 52.5 Å². The van der Waals surface area contributed by atoms with Crippen LogP contribution in [-0.2, 0) is 6.42 Å². The molecule has 0 aliphatic heterocycles. The van der Waals surface area contributed by atoms with Gasteiger partial charge in [0, 0.05) is 6.54 Å². The predicted molar refractivity (Wildman–Crippen MR) is 99.3 cm³/mol. The maximum absolute atomic E-state index is 2.45. The molecule has 0 radical (unpaired) electrons. The van der Waals surface area contributed by atoms with E-state index in [4.69, 9.17) is 0 Å². The third-order valence-electron chi connectivity index (χ3n) is 4.27. The lowest BCUT2D eigenvalue weighted by atomic mass is 10.0. The van der Waals surface area contributed by atoms with Crippen LogP contribution in [0.25, 0.3) is 0 Å². The van der Waals surface area contributed by atoms with E-state index < -0.39 is 0 Å². The summed E-state index contributed by atoms with van der Waals surface area (Å²) < 4.78 is 0. The van der Waals surface area contributed by atoms with Crippen molar-refractivity contribution in [3.05, 3.63) is 59.2 Å². The van der Waals surface area contributed by atoms with Gasteiger partial charge in [0.15, 0.2) is 0 Å². The van der Waals surface area contributed by atoms with Crippen molar-refractivity contribution in [3.63, 3.8) is 0 Å². The van der Waals surface area contributed by atoms with Gasteiger partial charge in [0.1, 0.15) is 0 Å². The van der Waals surface area contributed by atoms with Gasteiger partial charge in [-0.3, -0.25) is 0 Å². The summed E-state index contributed by atoms with van der Waals surface area (Å²) >= 11 is 0. The number of allylic oxidation sites excluding steroid dienone is 3. The number of hydrogen-bond donors (Lipinski definition) is 0. The van der Waals surface area contributed by atoms with Crippen LogP contribution in [0.5, 0.6) is 0 Å². The summed E-state index contributed by atoms with van der Waals surface area (Å²) in [6, 6.07) is 10.8. The lowest BCUT2D eigenvalue weighted by Crippen LogP contribution is -2.22. The predicted octanol–water partition coefficient (Wildman–Crippen LogP) is 5.63. The Hall–Kier alpha value is -1.34. The van der Waals surface area contributed by atoms with Crippen molar-refractivity contribution in [3.8, 4) is 0 Å². The Morgan fingerprint density at radius 2 is 1.55 bits per heavy atom. The monoisotopic (exact) mass is 299 g/mol. The van der Waals surface area contributed by atoms with Crippen LogP contribution in [-0.4, -0.2) is 24.5 Å². The van der Waals surface area contributed by atoms with Gasteiger partial charge in [0.25, 0.3) is 0 Å². The van der Waals surface area contributed by atoms with Crippen molar-refractivity contribution < 1.29 is 0 Å². The Kier molecular flexibility index (Phi) is 9.57. The van der Waals surface area contributed by atoms with Crippen LogP contribution in [0.2, 0.25) is 0 Å². The molecule has 0 bridgehead atoms. The molecule has 0 aliphatic carbocycles. The van der Waals surface area contributed by atoms with E-state index in [1.54, 1.807) is 0 Å². The summed E-state index contributed by atoms with van der Waals surface area (Å²) in [7, 11) is 0. The smallest absolute Gasteiger partial charge is 0.0165 e. The van der Waals surface area contributed by atoms with E-state index in [2.05, 4.69) is 75.1 Å². The molecule has 122 valence electrons. The molecule has 1 nitrogen and oxygen atoms in total. The highest BCUT2D eigenvalue weighted by Gasteiger charge is 1.97. The van der Waals surface area contributed by atoms with E-state index in [9.17, 15) is 0 Å². The maximum Gasteiger partial charge on any atom is 0.0165 e. The summed E-state index contributed by atoms with van der Waals surface area (Å²) in [4.78, 5) is 2.45. The molecule has 0 unspecified atom stereocenters. The maximum atomic E-state index is 2.45. The number of likely N-dealkylation sites (N-methyl/N-ethyl adjacent to an activating group) is 1. The molecule has 0 saturated heterocycles. The molecular weight excluding hydrogens is 266 g/mol. The van der Waals surface area contributed by atoms with Crippen LogP contribution >= 0.6 is 0 Å². The molecule has 1 heteroatoms. The van der Waals surface area contributed by atoms with Crippen molar-refractivity contribution in [2.24, 2.45) is 0 Å². The summed E-state index contributed by atoms with van der Waals surface area (Å²) in [5.74, 6) is 0. The zero-order chi connectivity index (χ0) is 16.2. The fraction of sp³-hybridized carbons (Fsp3) is 0.524. The fourth-order valence-electron chi connectivity index (χ4n) is 2.50. The van der Waals surface area contributed by atoms with Gasteiger partial charge in [0.2, 0.25) is 0 Å². The van der Waals surface area contributed by atoms with Gasteiger partial charge < -0.3 is 4.90 Å². The summed E-state index contributed by atoms with van der Waals surface area (Å²) in [6.45, 7) is 12.3. The van der Waals surface area contributed by atoms with Gasteiger partial charge in [-0.05, 0) is 58.2 Å². The van der Waals surface area contributed by atoms with Crippen molar-refractivity contribution in [2.45, 2.75) is 53.4 Å². The van der Waals surface area contributed by atoms with Crippen LogP contribution in [0.15, 0.2) is 53.6 Å². The second kappa shape index (κ2) is 11.3. The number of rotatable bonds is 10. The highest BCUT2D eigenvalue weighted by atomic mass is 15.1. The largest absolute Gasteiger partial charge is 0.300 e. The molecule has 0 heterocycles. The molecule has 0 aromatic heterocycles. The number of benzene rings is 1. The van der Waals surface area contributed by atoms with Gasteiger partial charge in [-0.2, -0.15) is 0 Å². The summed E-state index contributed by atoms with van der Waals surface area (Å²) in [5.41, 5.74) is 4.46. The van der Waals surface area contributed by atoms with E-state index in [0.29, 0.717) is 0 Å². The normalized spacial score (nSPS) is 13.0. The minimum Gasteiger partial charge on any atom is -0.300 e. The van der Waals surface area contributed by atoms with Crippen molar-refractivity contribution in [2.75, 3.05) is 19.6 Å². The zero-order valence-electron chi connectivity index (χ0n) is 14.9. The molecule has 22 heavy (non-hydrogen) atoms. The summed E-state index contributed by atoms with van der Waals surface area (Å²) in [6.07, 6.45) is 9.48. The second-order valence-corrected chi connectivity index (χ2v) is 6.11. The number of hydrogen-bond acceptors (Lipinski definition) is 1. The first-order chi connectivity index (χ1) is 10.7. The quantitative estimate of drug-likeness (QED) is 0.506. The van der Waals surface area contributed by atoms with Gasteiger partial charge in [-0.15, -0.1) is 0 Å². The first kappa shape index (κ1) is 18.7. The summed E-state index contributed by atoms with van der Waals surface area (Å²) in [5, 5.41) is 0. The van der Waals surface area contributed by atoms with Gasteiger partial charge in [-0.1, -0.05) is 67.5 Å². The third-order valence-corrected chi connectivity index (χ3v) is 4.27. The average Bonchev–Trinajstić information content (AvgIpc) is 2.55. The molecule has 0 saturated carbocycles. The standard InChI is InChI=1S/C21H33N/c1-5-22(6-2)18-17-20(4)12-10-11-19(3)15-16-21-13-8-7-9-14-21/h7-9,11,13-14,17H,5-6,10,12,15-16,18H2,1-4H3/b19-11+,20-17+. The average molecular weight is 300 g/mol. The van der Waals surface area contributed by atoms with Gasteiger partial charge in [0.05, 0.1) is 0 Å². The lowest BCUT2D eigenvalue weighted by molar-refractivity contribution is 0.336. The van der Waals surface area contributed by atoms with E-state index >= 15 is 0 Å². The SMILES string of the molecule is CCN(CC)C/C=C(\C)CC/C=C(\C)CCc1ccccc1. The van der Waals surface area contributed by atoms with Crippen molar-refractivity contribution in [1.82, 2.24) is 4.90 Å². The fourth-order valence-corrected chi connectivity index (χ4v) is 2.50. The Morgan fingerprint density at radius 1 is 0.909 bits per heavy atom. The van der Waals surface area contributed by atoms with Gasteiger partial charge in [-0.25, -0.2) is 0 Å². The zero-order valence-corrected chi connectivity index (χ0v) is 14.9. The topological polar surface area (TPSA) is 3.24 Å². The van der Waals surface area contributed by atoms with Crippen molar-refractivity contribution in [1.29, 1.82) is 0 Å². The highest BCUT2D eigenvalue weighted by Crippen LogP contribution is 2.12. The first-order valence-corrected chi connectivity index (χ1v) is 8.73. The molecule has 1 rings (SSSR count). The number of nitrogens with zero attached hydrogens (tertiary/aromatic N) is 1. The third kappa shape index (κ3) is 8.19. The molecule has 1 aromatic carbocycles. The molecular formula is C21H33N. The minimum atomic E-state index is 1.09. The molecule has 0 N–H and O–H groups in total. The van der Waals surface area contributed by atoms with Crippen LogP contribution in [0.4, 0.5) is 0 Å². The first-order valence-electron chi connectivity index (χ1n) is 8.73. The molecule has 0 spiro atoms. The Balaban J connectivity index is 2.27. The van der Waals surface area contributed by atoms with Crippen LogP contribution < -0.4 is 0 Å². The van der Waals surface area contributed by atoms with Crippen LogP contribution in [0.3, 0.4) is 0 Å². The van der Waals surface area contributed by atoms with Crippen LogP contribution in [0, 0.1) is 0 Å².